The minimum absolute atomic E-state index is 0.184. The van der Waals surface area contributed by atoms with Crippen LogP contribution in [0, 0.1) is 12.7 Å². The van der Waals surface area contributed by atoms with Crippen LogP contribution in [-0.4, -0.2) is 19.3 Å². The van der Waals surface area contributed by atoms with Crippen LogP contribution in [0.3, 0.4) is 0 Å². The van der Waals surface area contributed by atoms with Crippen LogP contribution < -0.4 is 4.74 Å². The van der Waals surface area contributed by atoms with E-state index in [0.29, 0.717) is 18.3 Å². The number of halogens is 1. The van der Waals surface area contributed by atoms with Gasteiger partial charge in [-0.3, -0.25) is 0 Å². The summed E-state index contributed by atoms with van der Waals surface area (Å²) in [4.78, 5) is 0. The Morgan fingerprint density at radius 3 is 3.06 bits per heavy atom. The number of hydrogen-bond donors (Lipinski definition) is 0. The lowest BCUT2D eigenvalue weighted by atomic mass is 10.1. The summed E-state index contributed by atoms with van der Waals surface area (Å²) >= 11 is 0. The summed E-state index contributed by atoms with van der Waals surface area (Å²) in [6.07, 6.45) is 4.83. The average molecular weight is 238 g/mol. The Hall–Kier alpha value is -1.09. The van der Waals surface area contributed by atoms with Crippen molar-refractivity contribution in [3.8, 4) is 5.75 Å². The summed E-state index contributed by atoms with van der Waals surface area (Å²) in [5.41, 5.74) is 0.627. The summed E-state index contributed by atoms with van der Waals surface area (Å²) in [6, 6.07) is 4.86. The molecule has 3 heteroatoms. The molecule has 1 fully saturated rings. The molecule has 1 aliphatic heterocycles. The zero-order valence-corrected chi connectivity index (χ0v) is 10.2. The third-order valence-electron chi connectivity index (χ3n) is 3.09. The van der Waals surface area contributed by atoms with Crippen molar-refractivity contribution in [1.82, 2.24) is 0 Å². The molecule has 0 spiro atoms. The highest BCUT2D eigenvalue weighted by Gasteiger charge is 2.14. The molecule has 1 aliphatic rings. The van der Waals surface area contributed by atoms with E-state index in [1.807, 2.05) is 0 Å². The van der Waals surface area contributed by atoms with E-state index in [1.54, 1.807) is 19.1 Å². The second-order valence-electron chi connectivity index (χ2n) is 4.54. The second kappa shape index (κ2) is 6.01. The predicted molar refractivity (Wildman–Crippen MR) is 64.8 cm³/mol. The first-order valence-electron chi connectivity index (χ1n) is 6.26. The first-order valence-corrected chi connectivity index (χ1v) is 6.26. The molecule has 2 rings (SSSR count). The van der Waals surface area contributed by atoms with Gasteiger partial charge in [0.25, 0.3) is 0 Å². The third kappa shape index (κ3) is 3.70. The Bertz CT molecular complexity index is 359. The summed E-state index contributed by atoms with van der Waals surface area (Å²) in [7, 11) is 0. The van der Waals surface area contributed by atoms with Gasteiger partial charge < -0.3 is 9.47 Å². The average Bonchev–Trinajstić information content (AvgIpc) is 2.82. The molecule has 1 atom stereocenters. The lowest BCUT2D eigenvalue weighted by Gasteiger charge is -2.10. The molecule has 2 nitrogen and oxygen atoms in total. The fourth-order valence-electron chi connectivity index (χ4n) is 2.08. The number of benzene rings is 1. The molecular formula is C14H19FO2. The molecule has 94 valence electrons. The zero-order valence-electron chi connectivity index (χ0n) is 10.2. The Morgan fingerprint density at radius 1 is 1.47 bits per heavy atom. The molecule has 1 aromatic carbocycles. The molecule has 1 aromatic rings. The fraction of sp³-hybridized carbons (Fsp3) is 0.571. The van der Waals surface area contributed by atoms with Gasteiger partial charge in [-0.25, -0.2) is 4.39 Å². The minimum Gasteiger partial charge on any atom is -0.494 e. The first kappa shape index (κ1) is 12.4. The Kier molecular flexibility index (Phi) is 4.37. The Balaban J connectivity index is 1.68. The summed E-state index contributed by atoms with van der Waals surface area (Å²) in [6.45, 7) is 3.32. The van der Waals surface area contributed by atoms with Gasteiger partial charge in [0.1, 0.15) is 11.6 Å². The van der Waals surface area contributed by atoms with Crippen molar-refractivity contribution in [3.05, 3.63) is 29.6 Å². The van der Waals surface area contributed by atoms with E-state index in [-0.39, 0.29) is 5.82 Å². The van der Waals surface area contributed by atoms with E-state index in [1.165, 1.54) is 18.9 Å². The summed E-state index contributed by atoms with van der Waals surface area (Å²) < 4.78 is 24.1. The highest BCUT2D eigenvalue weighted by Crippen LogP contribution is 2.18. The van der Waals surface area contributed by atoms with Gasteiger partial charge in [0.05, 0.1) is 12.7 Å². The fourth-order valence-corrected chi connectivity index (χ4v) is 2.08. The van der Waals surface area contributed by atoms with Crippen molar-refractivity contribution >= 4 is 0 Å². The maximum absolute atomic E-state index is 13.0. The topological polar surface area (TPSA) is 18.5 Å². The molecule has 1 heterocycles. The van der Waals surface area contributed by atoms with Gasteiger partial charge in [0.2, 0.25) is 0 Å². The van der Waals surface area contributed by atoms with Gasteiger partial charge in [-0.2, -0.15) is 0 Å². The van der Waals surface area contributed by atoms with E-state index in [4.69, 9.17) is 9.47 Å². The summed E-state index contributed by atoms with van der Waals surface area (Å²) in [5, 5.41) is 0. The molecule has 0 aliphatic carbocycles. The number of rotatable bonds is 5. The lowest BCUT2D eigenvalue weighted by Crippen LogP contribution is -2.07. The van der Waals surface area contributed by atoms with Crippen LogP contribution in [0.1, 0.15) is 31.2 Å². The van der Waals surface area contributed by atoms with Gasteiger partial charge in [-0.1, -0.05) is 0 Å². The quantitative estimate of drug-likeness (QED) is 0.731. The molecular weight excluding hydrogens is 219 g/mol. The Morgan fingerprint density at radius 2 is 2.35 bits per heavy atom. The van der Waals surface area contributed by atoms with Crippen LogP contribution in [0.4, 0.5) is 4.39 Å². The Labute approximate surface area is 102 Å². The van der Waals surface area contributed by atoms with Crippen molar-refractivity contribution in [2.75, 3.05) is 13.2 Å². The van der Waals surface area contributed by atoms with Crippen molar-refractivity contribution < 1.29 is 13.9 Å². The van der Waals surface area contributed by atoms with E-state index < -0.39 is 0 Å². The normalized spacial score (nSPS) is 19.5. The maximum Gasteiger partial charge on any atom is 0.126 e. The van der Waals surface area contributed by atoms with Crippen LogP contribution in [-0.2, 0) is 4.74 Å². The molecule has 0 N–H and O–H groups in total. The maximum atomic E-state index is 13.0. The van der Waals surface area contributed by atoms with Gasteiger partial charge in [-0.15, -0.1) is 0 Å². The van der Waals surface area contributed by atoms with E-state index in [2.05, 4.69) is 0 Å². The highest BCUT2D eigenvalue weighted by molar-refractivity contribution is 5.28. The van der Waals surface area contributed by atoms with Crippen molar-refractivity contribution in [2.45, 2.75) is 38.7 Å². The standard InChI is InChI=1S/C14H19FO2/c1-11-10-13(6-7-14(11)15)17-9-3-5-12-4-2-8-16-12/h6-7,10,12H,2-5,8-9H2,1H3. The van der Waals surface area contributed by atoms with Gasteiger partial charge in [0, 0.05) is 6.61 Å². The lowest BCUT2D eigenvalue weighted by molar-refractivity contribution is 0.0981. The molecule has 0 radical (unpaired) electrons. The van der Waals surface area contributed by atoms with Crippen molar-refractivity contribution in [1.29, 1.82) is 0 Å². The van der Waals surface area contributed by atoms with Crippen molar-refractivity contribution in [2.24, 2.45) is 0 Å². The van der Waals surface area contributed by atoms with Gasteiger partial charge in [-0.05, 0) is 56.4 Å². The van der Waals surface area contributed by atoms with Crippen LogP contribution in [0.15, 0.2) is 18.2 Å². The predicted octanol–water partition coefficient (Wildman–Crippen LogP) is 3.47. The largest absolute Gasteiger partial charge is 0.494 e. The first-order chi connectivity index (χ1) is 8.25. The van der Waals surface area contributed by atoms with E-state index in [9.17, 15) is 4.39 Å². The van der Waals surface area contributed by atoms with Gasteiger partial charge >= 0.3 is 0 Å². The number of hydrogen-bond acceptors (Lipinski definition) is 2. The van der Waals surface area contributed by atoms with E-state index >= 15 is 0 Å². The minimum atomic E-state index is -0.184. The van der Waals surface area contributed by atoms with E-state index in [0.717, 1.165) is 25.2 Å². The second-order valence-corrected chi connectivity index (χ2v) is 4.54. The van der Waals surface area contributed by atoms with Crippen LogP contribution in [0.25, 0.3) is 0 Å². The molecule has 17 heavy (non-hydrogen) atoms. The molecule has 1 unspecified atom stereocenters. The van der Waals surface area contributed by atoms with Gasteiger partial charge in [0.15, 0.2) is 0 Å². The van der Waals surface area contributed by atoms with Crippen LogP contribution >= 0.6 is 0 Å². The molecule has 1 saturated heterocycles. The summed E-state index contributed by atoms with van der Waals surface area (Å²) in [5.74, 6) is 0.563. The van der Waals surface area contributed by atoms with Crippen LogP contribution in [0.2, 0.25) is 0 Å². The van der Waals surface area contributed by atoms with Crippen molar-refractivity contribution in [3.63, 3.8) is 0 Å². The highest BCUT2D eigenvalue weighted by atomic mass is 19.1. The SMILES string of the molecule is Cc1cc(OCCCC2CCCO2)ccc1F. The molecule has 0 saturated carbocycles. The number of ether oxygens (including phenoxy) is 2. The monoisotopic (exact) mass is 238 g/mol. The molecule has 0 aromatic heterocycles. The molecule has 0 amide bonds. The number of aryl methyl sites for hydroxylation is 1. The third-order valence-corrected chi connectivity index (χ3v) is 3.09. The zero-order chi connectivity index (χ0) is 12.1. The molecule has 0 bridgehead atoms. The van der Waals surface area contributed by atoms with Crippen LogP contribution in [0.5, 0.6) is 5.75 Å². The smallest absolute Gasteiger partial charge is 0.126 e.